The Morgan fingerprint density at radius 2 is 1.89 bits per heavy atom. The van der Waals surface area contributed by atoms with Gasteiger partial charge in [-0.15, -0.1) is 0 Å². The zero-order valence-corrected chi connectivity index (χ0v) is 14.9. The van der Waals surface area contributed by atoms with Crippen LogP contribution in [0.1, 0.15) is 0 Å². The Kier molecular flexibility index (Phi) is 4.19. The van der Waals surface area contributed by atoms with E-state index in [1.54, 1.807) is 24.3 Å². The predicted octanol–water partition coefficient (Wildman–Crippen LogP) is 2.61. The van der Waals surface area contributed by atoms with Gasteiger partial charge < -0.3 is 28.3 Å². The lowest BCUT2D eigenvalue weighted by Crippen LogP contribution is -2.23. The summed E-state index contributed by atoms with van der Waals surface area (Å²) in [5.41, 5.74) is 1.02. The van der Waals surface area contributed by atoms with E-state index in [4.69, 9.17) is 18.9 Å². The molecule has 1 aliphatic heterocycles. The first kappa shape index (κ1) is 17.0. The molecule has 3 aromatic rings. The molecule has 0 spiro atoms. The van der Waals surface area contributed by atoms with Gasteiger partial charge in [0.15, 0.2) is 23.0 Å². The van der Waals surface area contributed by atoms with Crippen molar-refractivity contribution in [2.75, 3.05) is 21.0 Å². The van der Waals surface area contributed by atoms with Crippen molar-refractivity contribution in [2.45, 2.75) is 6.54 Å². The molecule has 0 atom stereocenters. The SMILES string of the molecule is COc1ccc2cc(-c3ccc4c(c3)OCO4)n(CC=O)c(=O)c2c1OC. The molecule has 7 heteroatoms. The number of benzene rings is 2. The van der Waals surface area contributed by atoms with Gasteiger partial charge in [0.25, 0.3) is 5.56 Å². The lowest BCUT2D eigenvalue weighted by molar-refractivity contribution is -0.108. The van der Waals surface area contributed by atoms with Crippen LogP contribution in [0.2, 0.25) is 0 Å². The standard InChI is InChI=1S/C20H17NO6/c1-24-16-6-4-13-9-14(12-3-5-15-17(10-12)27-11-26-15)21(7-8-22)20(23)18(13)19(16)25-2/h3-6,8-10H,7,11H2,1-2H3. The Bertz CT molecular complexity index is 1100. The van der Waals surface area contributed by atoms with Crippen molar-refractivity contribution < 1.29 is 23.7 Å². The van der Waals surface area contributed by atoms with Crippen LogP contribution < -0.4 is 24.5 Å². The van der Waals surface area contributed by atoms with Gasteiger partial charge in [-0.3, -0.25) is 4.79 Å². The lowest BCUT2D eigenvalue weighted by Gasteiger charge is -2.16. The number of aromatic nitrogens is 1. The molecule has 0 unspecified atom stereocenters. The number of aldehydes is 1. The van der Waals surface area contributed by atoms with Gasteiger partial charge in [-0.25, -0.2) is 0 Å². The van der Waals surface area contributed by atoms with Crippen LogP contribution in [0.15, 0.2) is 41.2 Å². The molecule has 4 rings (SSSR count). The minimum Gasteiger partial charge on any atom is -0.493 e. The van der Waals surface area contributed by atoms with Crippen molar-refractivity contribution in [1.29, 1.82) is 0 Å². The van der Waals surface area contributed by atoms with Gasteiger partial charge >= 0.3 is 0 Å². The highest BCUT2D eigenvalue weighted by Crippen LogP contribution is 2.38. The van der Waals surface area contributed by atoms with E-state index in [2.05, 4.69) is 0 Å². The summed E-state index contributed by atoms with van der Waals surface area (Å²) in [5, 5.41) is 1.05. The third kappa shape index (κ3) is 2.68. The topological polar surface area (TPSA) is 76.0 Å². The number of carbonyl (C=O) groups is 1. The van der Waals surface area contributed by atoms with Crippen molar-refractivity contribution in [3.63, 3.8) is 0 Å². The molecule has 0 saturated carbocycles. The highest BCUT2D eigenvalue weighted by Gasteiger charge is 2.19. The zero-order chi connectivity index (χ0) is 19.0. The predicted molar refractivity (Wildman–Crippen MR) is 98.9 cm³/mol. The molecule has 0 aliphatic carbocycles. The number of hydrogen-bond donors (Lipinski definition) is 0. The van der Waals surface area contributed by atoms with E-state index >= 15 is 0 Å². The first-order valence-electron chi connectivity index (χ1n) is 8.30. The average Bonchev–Trinajstić information content (AvgIpc) is 3.16. The second-order valence-electron chi connectivity index (χ2n) is 5.95. The fraction of sp³-hybridized carbons (Fsp3) is 0.200. The molecule has 0 N–H and O–H groups in total. The third-order valence-corrected chi connectivity index (χ3v) is 4.55. The average molecular weight is 367 g/mol. The Morgan fingerprint density at radius 3 is 2.63 bits per heavy atom. The van der Waals surface area contributed by atoms with Gasteiger partial charge in [-0.1, -0.05) is 6.07 Å². The van der Waals surface area contributed by atoms with Crippen LogP contribution in [-0.2, 0) is 11.3 Å². The molecule has 2 aromatic carbocycles. The smallest absolute Gasteiger partial charge is 0.263 e. The maximum absolute atomic E-state index is 13.2. The largest absolute Gasteiger partial charge is 0.493 e. The summed E-state index contributed by atoms with van der Waals surface area (Å²) < 4.78 is 22.9. The Morgan fingerprint density at radius 1 is 1.07 bits per heavy atom. The monoisotopic (exact) mass is 367 g/mol. The number of hydrogen-bond acceptors (Lipinski definition) is 6. The second kappa shape index (κ2) is 6.68. The van der Waals surface area contributed by atoms with Crippen LogP contribution in [0.4, 0.5) is 0 Å². The minimum atomic E-state index is -0.331. The Balaban J connectivity index is 2.02. The number of nitrogens with zero attached hydrogens (tertiary/aromatic N) is 1. The lowest BCUT2D eigenvalue weighted by atomic mass is 10.0. The summed E-state index contributed by atoms with van der Waals surface area (Å²) in [6.45, 7) is 0.0769. The minimum absolute atomic E-state index is 0.0844. The van der Waals surface area contributed by atoms with Gasteiger partial charge in [0.1, 0.15) is 6.29 Å². The van der Waals surface area contributed by atoms with E-state index in [0.717, 1.165) is 5.56 Å². The molecule has 27 heavy (non-hydrogen) atoms. The van der Waals surface area contributed by atoms with E-state index in [1.807, 2.05) is 12.1 Å². The molecule has 0 radical (unpaired) electrons. The summed E-state index contributed by atoms with van der Waals surface area (Å²) in [7, 11) is 2.99. The van der Waals surface area contributed by atoms with Gasteiger partial charge in [-0.2, -0.15) is 0 Å². The fourth-order valence-corrected chi connectivity index (χ4v) is 3.30. The van der Waals surface area contributed by atoms with Crippen LogP contribution in [-0.4, -0.2) is 31.9 Å². The number of fused-ring (bicyclic) bond motifs is 2. The number of pyridine rings is 1. The molecule has 138 valence electrons. The van der Waals surface area contributed by atoms with Crippen molar-refractivity contribution in [1.82, 2.24) is 4.57 Å². The van der Waals surface area contributed by atoms with E-state index in [0.29, 0.717) is 45.8 Å². The van der Waals surface area contributed by atoms with Crippen LogP contribution in [0, 0.1) is 0 Å². The molecule has 1 aliphatic rings. The molecule has 2 heterocycles. The molecular weight excluding hydrogens is 350 g/mol. The van der Waals surface area contributed by atoms with E-state index < -0.39 is 0 Å². The molecule has 0 amide bonds. The highest BCUT2D eigenvalue weighted by molar-refractivity contribution is 5.92. The van der Waals surface area contributed by atoms with Gasteiger partial charge in [0.05, 0.1) is 31.8 Å². The molecular formula is C20H17NO6. The molecule has 7 nitrogen and oxygen atoms in total. The zero-order valence-electron chi connectivity index (χ0n) is 14.9. The van der Waals surface area contributed by atoms with Crippen molar-refractivity contribution >= 4 is 17.1 Å². The second-order valence-corrected chi connectivity index (χ2v) is 5.95. The molecule has 0 fully saturated rings. The summed E-state index contributed by atoms with van der Waals surface area (Å²) in [5.74, 6) is 2.05. The molecule has 1 aromatic heterocycles. The van der Waals surface area contributed by atoms with Crippen molar-refractivity contribution in [3.05, 3.63) is 46.8 Å². The first-order chi connectivity index (χ1) is 13.2. The van der Waals surface area contributed by atoms with E-state index in [1.165, 1.54) is 18.8 Å². The van der Waals surface area contributed by atoms with E-state index in [-0.39, 0.29) is 18.9 Å². The third-order valence-electron chi connectivity index (χ3n) is 4.55. The van der Waals surface area contributed by atoms with Crippen molar-refractivity contribution in [2.24, 2.45) is 0 Å². The summed E-state index contributed by atoms with van der Waals surface area (Å²) in [6.07, 6.45) is 0.691. The van der Waals surface area contributed by atoms with Gasteiger partial charge in [0, 0.05) is 5.56 Å². The normalized spacial score (nSPS) is 12.2. The van der Waals surface area contributed by atoms with E-state index in [9.17, 15) is 9.59 Å². The quantitative estimate of drug-likeness (QED) is 0.645. The number of rotatable bonds is 5. The summed E-state index contributed by atoms with van der Waals surface area (Å²) in [6, 6.07) is 10.8. The number of methoxy groups -OCH3 is 2. The Labute approximate surface area is 154 Å². The van der Waals surface area contributed by atoms with Crippen LogP contribution in [0.3, 0.4) is 0 Å². The van der Waals surface area contributed by atoms with Crippen molar-refractivity contribution in [3.8, 4) is 34.3 Å². The Hall–Kier alpha value is -3.48. The highest BCUT2D eigenvalue weighted by atomic mass is 16.7. The summed E-state index contributed by atoms with van der Waals surface area (Å²) >= 11 is 0. The number of ether oxygens (including phenoxy) is 4. The first-order valence-corrected chi connectivity index (χ1v) is 8.30. The number of carbonyl (C=O) groups excluding carboxylic acids is 1. The maximum Gasteiger partial charge on any atom is 0.263 e. The van der Waals surface area contributed by atoms with Crippen LogP contribution in [0.5, 0.6) is 23.0 Å². The maximum atomic E-state index is 13.2. The fourth-order valence-electron chi connectivity index (χ4n) is 3.30. The van der Waals surface area contributed by atoms with Crippen LogP contribution in [0.25, 0.3) is 22.0 Å². The van der Waals surface area contributed by atoms with Gasteiger partial charge in [0.2, 0.25) is 6.79 Å². The van der Waals surface area contributed by atoms with Crippen LogP contribution >= 0.6 is 0 Å². The van der Waals surface area contributed by atoms with Gasteiger partial charge in [-0.05, 0) is 35.7 Å². The summed E-state index contributed by atoms with van der Waals surface area (Å²) in [4.78, 5) is 24.5. The molecule has 0 saturated heterocycles. The molecule has 0 bridgehead atoms.